The third kappa shape index (κ3) is 4.64. The molecule has 1 aliphatic rings. The fraction of sp³-hybridized carbons (Fsp3) is 0.684. The van der Waals surface area contributed by atoms with Crippen molar-refractivity contribution in [3.05, 3.63) is 23.8 Å². The Bertz CT molecular complexity index is 494. The molecule has 0 aromatic heterocycles. The van der Waals surface area contributed by atoms with Crippen LogP contribution in [0.4, 0.5) is 0 Å². The second-order valence-corrected chi connectivity index (χ2v) is 8.22. The Kier molecular flexibility index (Phi) is 5.06. The number of phenolic OH excluding ortho intramolecular Hbond substituents is 1. The van der Waals surface area contributed by atoms with Crippen LogP contribution in [0.5, 0.6) is 11.5 Å². The Hall–Kier alpha value is -1.22. The zero-order valence-electron chi connectivity index (χ0n) is 14.6. The average molecular weight is 306 g/mol. The number of aromatic hydroxyl groups is 1. The van der Waals surface area contributed by atoms with E-state index in [1.54, 1.807) is 0 Å². The predicted molar refractivity (Wildman–Crippen MR) is 89.4 cm³/mol. The lowest BCUT2D eigenvalue weighted by molar-refractivity contribution is -0.106. The third-order valence-electron chi connectivity index (χ3n) is 4.11. The van der Waals surface area contributed by atoms with Gasteiger partial charge in [-0.25, -0.2) is 0 Å². The van der Waals surface area contributed by atoms with Crippen LogP contribution in [-0.4, -0.2) is 18.0 Å². The molecular weight excluding hydrogens is 276 g/mol. The lowest BCUT2D eigenvalue weighted by Gasteiger charge is -2.33. The molecule has 3 heteroatoms. The molecule has 0 radical (unpaired) electrons. The van der Waals surface area contributed by atoms with E-state index in [0.717, 1.165) is 37.9 Å². The first-order chi connectivity index (χ1) is 10.2. The van der Waals surface area contributed by atoms with E-state index in [1.165, 1.54) is 0 Å². The first-order valence-corrected chi connectivity index (χ1v) is 8.29. The lowest BCUT2D eigenvalue weighted by atomic mass is 9.72. The van der Waals surface area contributed by atoms with Crippen LogP contribution in [-0.2, 0) is 10.2 Å². The first kappa shape index (κ1) is 17.1. The van der Waals surface area contributed by atoms with Gasteiger partial charge in [-0.3, -0.25) is 0 Å². The predicted octanol–water partition coefficient (Wildman–Crippen LogP) is 5.01. The number of hydrogen-bond acceptors (Lipinski definition) is 3. The number of ether oxygens (including phenoxy) is 2. The smallest absolute Gasteiger partial charge is 0.200 e. The summed E-state index contributed by atoms with van der Waals surface area (Å²) in [6.45, 7) is 11.9. The van der Waals surface area contributed by atoms with Gasteiger partial charge in [0, 0.05) is 6.42 Å². The largest absolute Gasteiger partial charge is 0.504 e. The van der Waals surface area contributed by atoms with Gasteiger partial charge in [0.15, 0.2) is 17.8 Å². The molecule has 0 aliphatic carbocycles. The van der Waals surface area contributed by atoms with Gasteiger partial charge in [-0.05, 0) is 47.8 Å². The number of phenols is 1. The second-order valence-electron chi connectivity index (χ2n) is 8.22. The van der Waals surface area contributed by atoms with Crippen molar-refractivity contribution in [1.82, 2.24) is 0 Å². The molecule has 3 nitrogen and oxygen atoms in total. The minimum atomic E-state index is -0.229. The van der Waals surface area contributed by atoms with Crippen molar-refractivity contribution in [2.24, 2.45) is 5.41 Å². The summed E-state index contributed by atoms with van der Waals surface area (Å²) < 4.78 is 11.3. The summed E-state index contributed by atoms with van der Waals surface area (Å²) in [7, 11) is 0. The van der Waals surface area contributed by atoms with Crippen molar-refractivity contribution in [1.29, 1.82) is 0 Å². The molecule has 1 N–H and O–H groups in total. The molecule has 1 unspecified atom stereocenters. The van der Waals surface area contributed by atoms with E-state index < -0.39 is 0 Å². The molecule has 1 fully saturated rings. The van der Waals surface area contributed by atoms with Crippen LogP contribution in [0.2, 0.25) is 0 Å². The molecule has 1 aliphatic heterocycles. The van der Waals surface area contributed by atoms with Crippen molar-refractivity contribution < 1.29 is 14.6 Å². The summed E-state index contributed by atoms with van der Waals surface area (Å²) in [6.07, 6.45) is 3.91. The first-order valence-electron chi connectivity index (χ1n) is 8.29. The van der Waals surface area contributed by atoms with Crippen LogP contribution in [0.1, 0.15) is 65.9 Å². The minimum absolute atomic E-state index is 0.00952. The molecule has 124 valence electrons. The van der Waals surface area contributed by atoms with E-state index in [2.05, 4.69) is 40.7 Å². The van der Waals surface area contributed by atoms with E-state index in [4.69, 9.17) is 9.47 Å². The summed E-state index contributed by atoms with van der Waals surface area (Å²) in [5.41, 5.74) is 1.39. The molecule has 0 bridgehead atoms. The van der Waals surface area contributed by atoms with Gasteiger partial charge < -0.3 is 14.6 Å². The summed E-state index contributed by atoms with van der Waals surface area (Å²) >= 11 is 0. The molecule has 1 aromatic carbocycles. The third-order valence-corrected chi connectivity index (χ3v) is 4.11. The monoisotopic (exact) mass is 306 g/mol. The van der Waals surface area contributed by atoms with Crippen molar-refractivity contribution in [3.8, 4) is 11.5 Å². The number of benzene rings is 1. The lowest BCUT2D eigenvalue weighted by Crippen LogP contribution is -2.26. The van der Waals surface area contributed by atoms with Gasteiger partial charge in [0.25, 0.3) is 0 Å². The van der Waals surface area contributed by atoms with Crippen molar-refractivity contribution in [3.63, 3.8) is 0 Å². The molecule has 1 aromatic rings. The van der Waals surface area contributed by atoms with Crippen LogP contribution in [0, 0.1) is 5.41 Å². The fourth-order valence-electron chi connectivity index (χ4n) is 3.41. The van der Waals surface area contributed by atoms with E-state index in [-0.39, 0.29) is 22.9 Å². The standard InChI is InChI=1S/C19H30O3/c1-18(2,3)13-19(4,5)14-9-10-16(15(20)12-14)22-17-8-6-7-11-21-17/h9-10,12,17,20H,6-8,11,13H2,1-5H3. The van der Waals surface area contributed by atoms with Crippen LogP contribution in [0.3, 0.4) is 0 Å². The Morgan fingerprint density at radius 1 is 1.18 bits per heavy atom. The average Bonchev–Trinajstić information content (AvgIpc) is 2.39. The Labute approximate surface area is 134 Å². The van der Waals surface area contributed by atoms with Crippen molar-refractivity contribution >= 4 is 0 Å². The van der Waals surface area contributed by atoms with Crippen LogP contribution >= 0.6 is 0 Å². The molecule has 2 rings (SSSR count). The summed E-state index contributed by atoms with van der Waals surface area (Å²) in [5.74, 6) is 0.718. The van der Waals surface area contributed by atoms with Gasteiger partial charge in [-0.15, -0.1) is 0 Å². The highest BCUT2D eigenvalue weighted by atomic mass is 16.7. The summed E-state index contributed by atoms with van der Waals surface area (Å²) in [5, 5.41) is 10.3. The zero-order chi connectivity index (χ0) is 16.4. The van der Waals surface area contributed by atoms with E-state index >= 15 is 0 Å². The second kappa shape index (κ2) is 6.49. The van der Waals surface area contributed by atoms with Crippen LogP contribution in [0.15, 0.2) is 18.2 Å². The maximum absolute atomic E-state index is 10.3. The Morgan fingerprint density at radius 3 is 2.45 bits per heavy atom. The maximum Gasteiger partial charge on any atom is 0.200 e. The molecule has 0 spiro atoms. The molecule has 1 saturated heterocycles. The highest BCUT2D eigenvalue weighted by Crippen LogP contribution is 2.39. The molecule has 22 heavy (non-hydrogen) atoms. The summed E-state index contributed by atoms with van der Waals surface area (Å²) in [4.78, 5) is 0. The Morgan fingerprint density at radius 2 is 1.91 bits per heavy atom. The van der Waals surface area contributed by atoms with Gasteiger partial charge in [-0.1, -0.05) is 40.7 Å². The molecule has 0 saturated carbocycles. The van der Waals surface area contributed by atoms with Crippen molar-refractivity contribution in [2.45, 2.75) is 72.0 Å². The number of rotatable bonds is 4. The number of hydrogen-bond donors (Lipinski definition) is 1. The van der Waals surface area contributed by atoms with Gasteiger partial charge in [-0.2, -0.15) is 0 Å². The van der Waals surface area contributed by atoms with Gasteiger partial charge >= 0.3 is 0 Å². The Balaban J connectivity index is 2.11. The molecule has 1 atom stereocenters. The van der Waals surface area contributed by atoms with E-state index in [1.807, 2.05) is 12.1 Å². The molecular formula is C19H30O3. The highest BCUT2D eigenvalue weighted by Gasteiger charge is 2.28. The molecule has 1 heterocycles. The van der Waals surface area contributed by atoms with Crippen LogP contribution in [0.25, 0.3) is 0 Å². The summed E-state index contributed by atoms with van der Waals surface area (Å²) in [6, 6.07) is 5.76. The molecule has 0 amide bonds. The van der Waals surface area contributed by atoms with E-state index in [0.29, 0.717) is 5.75 Å². The van der Waals surface area contributed by atoms with E-state index in [9.17, 15) is 5.11 Å². The fourth-order valence-corrected chi connectivity index (χ4v) is 3.41. The van der Waals surface area contributed by atoms with Crippen LogP contribution < -0.4 is 4.74 Å². The highest BCUT2D eigenvalue weighted by molar-refractivity contribution is 5.44. The minimum Gasteiger partial charge on any atom is -0.504 e. The SMILES string of the molecule is CC(C)(C)CC(C)(C)c1ccc(OC2CCCCO2)c(O)c1. The van der Waals surface area contributed by atoms with Gasteiger partial charge in [0.05, 0.1) is 6.61 Å². The maximum atomic E-state index is 10.3. The van der Waals surface area contributed by atoms with Gasteiger partial charge in [0.2, 0.25) is 0 Å². The normalized spacial score (nSPS) is 20.0. The topological polar surface area (TPSA) is 38.7 Å². The van der Waals surface area contributed by atoms with Crippen molar-refractivity contribution in [2.75, 3.05) is 6.61 Å². The quantitative estimate of drug-likeness (QED) is 0.849. The zero-order valence-corrected chi connectivity index (χ0v) is 14.6. The van der Waals surface area contributed by atoms with Gasteiger partial charge in [0.1, 0.15) is 0 Å².